The summed E-state index contributed by atoms with van der Waals surface area (Å²) in [6.07, 6.45) is 1.31. The number of ether oxygens (including phenoxy) is 1. The van der Waals surface area contributed by atoms with Gasteiger partial charge in [-0.05, 0) is 37.1 Å². The number of benzene rings is 1. The first-order valence-corrected chi connectivity index (χ1v) is 6.99. The minimum Gasteiger partial charge on any atom is -0.480 e. The molecule has 2 aliphatic heterocycles. The molecule has 2 N–H and O–H groups in total. The molecular weight excluding hydrogens is 276 g/mol. The van der Waals surface area contributed by atoms with Gasteiger partial charge in [0.2, 0.25) is 0 Å². The molecule has 110 valence electrons. The number of fused-ring (bicyclic) bond motifs is 1. The third-order valence-electron chi connectivity index (χ3n) is 4.05. The molecule has 0 radical (unpaired) electrons. The molecule has 0 bridgehead atoms. The van der Waals surface area contributed by atoms with E-state index in [-0.39, 0.29) is 30.5 Å². The number of para-hydroxylation sites is 1. The van der Waals surface area contributed by atoms with Crippen molar-refractivity contribution in [2.45, 2.75) is 31.9 Å². The molecule has 1 fully saturated rings. The summed E-state index contributed by atoms with van der Waals surface area (Å²) in [6.45, 7) is 4.11. The first-order chi connectivity index (χ1) is 9.24. The SMILES string of the molecule is CC1CNCCC1NC(=O)C1Cc2ccccc2O1.Cl. The highest BCUT2D eigenvalue weighted by atomic mass is 35.5. The van der Waals surface area contributed by atoms with Crippen molar-refractivity contribution in [2.24, 2.45) is 5.92 Å². The average Bonchev–Trinajstić information content (AvgIpc) is 2.85. The Bertz CT molecular complexity index is 456. The lowest BCUT2D eigenvalue weighted by Gasteiger charge is -2.30. The summed E-state index contributed by atoms with van der Waals surface area (Å²) in [5.74, 6) is 1.34. The number of halogens is 1. The van der Waals surface area contributed by atoms with Gasteiger partial charge >= 0.3 is 0 Å². The van der Waals surface area contributed by atoms with Gasteiger partial charge in [-0.2, -0.15) is 0 Å². The molecule has 1 aromatic carbocycles. The Labute approximate surface area is 125 Å². The van der Waals surface area contributed by atoms with Crippen LogP contribution in [0.1, 0.15) is 18.9 Å². The Balaban J connectivity index is 0.00000147. The average molecular weight is 297 g/mol. The van der Waals surface area contributed by atoms with Crippen LogP contribution in [-0.4, -0.2) is 31.1 Å². The molecule has 5 heteroatoms. The summed E-state index contributed by atoms with van der Waals surface area (Å²) in [5, 5.41) is 6.48. The van der Waals surface area contributed by atoms with E-state index in [0.717, 1.165) is 30.8 Å². The van der Waals surface area contributed by atoms with Crippen molar-refractivity contribution in [3.05, 3.63) is 29.8 Å². The number of amides is 1. The maximum absolute atomic E-state index is 12.3. The Kier molecular flexibility index (Phi) is 4.89. The first kappa shape index (κ1) is 15.1. The van der Waals surface area contributed by atoms with Gasteiger partial charge < -0.3 is 15.4 Å². The van der Waals surface area contributed by atoms with Gasteiger partial charge in [-0.1, -0.05) is 25.1 Å². The minimum atomic E-state index is -0.362. The molecule has 1 saturated heterocycles. The van der Waals surface area contributed by atoms with E-state index >= 15 is 0 Å². The normalized spacial score (nSPS) is 27.9. The Hall–Kier alpha value is -1.26. The van der Waals surface area contributed by atoms with E-state index in [1.54, 1.807) is 0 Å². The van der Waals surface area contributed by atoms with Crippen LogP contribution in [0.25, 0.3) is 0 Å². The van der Waals surface area contributed by atoms with Gasteiger partial charge in [-0.3, -0.25) is 4.79 Å². The third kappa shape index (κ3) is 3.07. The number of rotatable bonds is 2. The molecule has 4 nitrogen and oxygen atoms in total. The summed E-state index contributed by atoms with van der Waals surface area (Å²) in [4.78, 5) is 12.3. The van der Waals surface area contributed by atoms with Crippen LogP contribution in [0.2, 0.25) is 0 Å². The molecule has 0 aromatic heterocycles. The van der Waals surface area contributed by atoms with Gasteiger partial charge in [0.25, 0.3) is 5.91 Å². The van der Waals surface area contributed by atoms with E-state index < -0.39 is 0 Å². The summed E-state index contributed by atoms with van der Waals surface area (Å²) in [7, 11) is 0. The van der Waals surface area contributed by atoms with Crippen molar-refractivity contribution in [3.8, 4) is 5.75 Å². The predicted molar refractivity (Wildman–Crippen MR) is 80.4 cm³/mol. The number of carbonyl (C=O) groups excluding carboxylic acids is 1. The zero-order valence-corrected chi connectivity index (χ0v) is 12.4. The molecule has 0 spiro atoms. The van der Waals surface area contributed by atoms with Gasteiger partial charge in [0.15, 0.2) is 6.10 Å². The lowest BCUT2D eigenvalue weighted by Crippen LogP contribution is -2.51. The van der Waals surface area contributed by atoms with Crippen LogP contribution >= 0.6 is 12.4 Å². The van der Waals surface area contributed by atoms with E-state index in [2.05, 4.69) is 17.6 Å². The fourth-order valence-corrected chi connectivity index (χ4v) is 2.83. The van der Waals surface area contributed by atoms with E-state index in [9.17, 15) is 4.79 Å². The van der Waals surface area contributed by atoms with Crippen LogP contribution in [0, 0.1) is 5.92 Å². The van der Waals surface area contributed by atoms with Gasteiger partial charge in [0.1, 0.15) is 5.75 Å². The number of nitrogens with one attached hydrogen (secondary N) is 2. The van der Waals surface area contributed by atoms with E-state index in [4.69, 9.17) is 4.74 Å². The number of hydrogen-bond donors (Lipinski definition) is 2. The largest absolute Gasteiger partial charge is 0.480 e. The Morgan fingerprint density at radius 1 is 1.40 bits per heavy atom. The highest BCUT2D eigenvalue weighted by Gasteiger charge is 2.31. The maximum atomic E-state index is 12.3. The van der Waals surface area contributed by atoms with Crippen LogP contribution in [-0.2, 0) is 11.2 Å². The van der Waals surface area contributed by atoms with Gasteiger partial charge in [-0.15, -0.1) is 12.4 Å². The third-order valence-corrected chi connectivity index (χ3v) is 4.05. The van der Waals surface area contributed by atoms with Crippen LogP contribution in [0.5, 0.6) is 5.75 Å². The fraction of sp³-hybridized carbons (Fsp3) is 0.533. The standard InChI is InChI=1S/C15H20N2O2.ClH/c1-10-9-16-7-6-12(10)17-15(18)14-8-11-4-2-3-5-13(11)19-14;/h2-5,10,12,14,16H,6-9H2,1H3,(H,17,18);1H. The maximum Gasteiger partial charge on any atom is 0.261 e. The highest BCUT2D eigenvalue weighted by Crippen LogP contribution is 2.28. The molecule has 0 aliphatic carbocycles. The summed E-state index contributed by atoms with van der Waals surface area (Å²) < 4.78 is 5.72. The molecule has 3 atom stereocenters. The quantitative estimate of drug-likeness (QED) is 0.870. The van der Waals surface area contributed by atoms with Crippen LogP contribution in [0.4, 0.5) is 0 Å². The lowest BCUT2D eigenvalue weighted by atomic mass is 9.95. The molecule has 0 saturated carbocycles. The zero-order chi connectivity index (χ0) is 13.2. The van der Waals surface area contributed by atoms with E-state index in [1.807, 2.05) is 24.3 Å². The summed E-state index contributed by atoms with van der Waals surface area (Å²) in [5.41, 5.74) is 1.13. The van der Waals surface area contributed by atoms with E-state index in [0.29, 0.717) is 12.3 Å². The second kappa shape index (κ2) is 6.46. The van der Waals surface area contributed by atoms with Crippen molar-refractivity contribution in [1.29, 1.82) is 0 Å². The van der Waals surface area contributed by atoms with Crippen molar-refractivity contribution < 1.29 is 9.53 Å². The van der Waals surface area contributed by atoms with E-state index in [1.165, 1.54) is 0 Å². The highest BCUT2D eigenvalue weighted by molar-refractivity contribution is 5.85. The van der Waals surface area contributed by atoms with Crippen LogP contribution < -0.4 is 15.4 Å². The predicted octanol–water partition coefficient (Wildman–Crippen LogP) is 1.53. The van der Waals surface area contributed by atoms with Crippen LogP contribution in [0.15, 0.2) is 24.3 Å². The topological polar surface area (TPSA) is 50.4 Å². The minimum absolute atomic E-state index is 0. The first-order valence-electron chi connectivity index (χ1n) is 6.99. The summed E-state index contributed by atoms with van der Waals surface area (Å²) in [6, 6.07) is 8.14. The second-order valence-electron chi connectivity index (χ2n) is 5.50. The molecular formula is C15H21ClN2O2. The molecule has 1 aromatic rings. The van der Waals surface area contributed by atoms with Gasteiger partial charge in [0, 0.05) is 12.5 Å². The van der Waals surface area contributed by atoms with Crippen molar-refractivity contribution in [1.82, 2.24) is 10.6 Å². The monoisotopic (exact) mass is 296 g/mol. The molecule has 1 amide bonds. The van der Waals surface area contributed by atoms with Crippen molar-refractivity contribution in [2.75, 3.05) is 13.1 Å². The Morgan fingerprint density at radius 2 is 2.20 bits per heavy atom. The smallest absolute Gasteiger partial charge is 0.261 e. The zero-order valence-electron chi connectivity index (χ0n) is 11.6. The summed E-state index contributed by atoms with van der Waals surface area (Å²) >= 11 is 0. The molecule has 3 rings (SSSR count). The number of carbonyl (C=O) groups is 1. The van der Waals surface area contributed by atoms with Gasteiger partial charge in [-0.25, -0.2) is 0 Å². The number of piperidine rings is 1. The van der Waals surface area contributed by atoms with Gasteiger partial charge in [0.05, 0.1) is 0 Å². The number of hydrogen-bond acceptors (Lipinski definition) is 3. The molecule has 2 heterocycles. The molecule has 2 aliphatic rings. The molecule has 3 unspecified atom stereocenters. The van der Waals surface area contributed by atoms with Crippen molar-refractivity contribution >= 4 is 18.3 Å². The van der Waals surface area contributed by atoms with Crippen molar-refractivity contribution in [3.63, 3.8) is 0 Å². The van der Waals surface area contributed by atoms with Crippen LogP contribution in [0.3, 0.4) is 0 Å². The second-order valence-corrected chi connectivity index (χ2v) is 5.50. The Morgan fingerprint density at radius 3 is 2.95 bits per heavy atom. The fourth-order valence-electron chi connectivity index (χ4n) is 2.83. The lowest BCUT2D eigenvalue weighted by molar-refractivity contribution is -0.128. The molecule has 20 heavy (non-hydrogen) atoms.